The standard InChI is InChI=1S/C13H16FNO3/c1-3-8-15(9-16)13(2,12(17)18)10-4-6-11(14)7-5-10/h4-7,9H,3,8H2,1-2H3,(H,17,18). The second kappa shape index (κ2) is 5.62. The molecule has 1 aromatic carbocycles. The van der Waals surface area contributed by atoms with E-state index in [4.69, 9.17) is 0 Å². The highest BCUT2D eigenvalue weighted by atomic mass is 19.1. The largest absolute Gasteiger partial charge is 0.479 e. The highest BCUT2D eigenvalue weighted by Crippen LogP contribution is 2.28. The highest BCUT2D eigenvalue weighted by molar-refractivity contribution is 5.82. The molecule has 0 saturated carbocycles. The lowest BCUT2D eigenvalue weighted by molar-refractivity contribution is -0.154. The summed E-state index contributed by atoms with van der Waals surface area (Å²) in [7, 11) is 0. The number of carbonyl (C=O) groups is 2. The minimum Gasteiger partial charge on any atom is -0.479 e. The van der Waals surface area contributed by atoms with Crippen molar-refractivity contribution in [2.75, 3.05) is 6.54 Å². The van der Waals surface area contributed by atoms with Gasteiger partial charge in [0.05, 0.1) is 0 Å². The molecule has 1 N–H and O–H groups in total. The van der Waals surface area contributed by atoms with Gasteiger partial charge in [-0.05, 0) is 31.0 Å². The topological polar surface area (TPSA) is 57.6 Å². The van der Waals surface area contributed by atoms with Crippen molar-refractivity contribution in [3.05, 3.63) is 35.6 Å². The van der Waals surface area contributed by atoms with Crippen LogP contribution in [0.15, 0.2) is 24.3 Å². The van der Waals surface area contributed by atoms with Crippen molar-refractivity contribution < 1.29 is 19.1 Å². The Bertz CT molecular complexity index is 432. The van der Waals surface area contributed by atoms with Gasteiger partial charge in [0.2, 0.25) is 6.41 Å². The first-order valence-electron chi connectivity index (χ1n) is 5.68. The Morgan fingerprint density at radius 3 is 2.39 bits per heavy atom. The Kier molecular flexibility index (Phi) is 4.42. The first kappa shape index (κ1) is 14.2. The first-order valence-corrected chi connectivity index (χ1v) is 5.68. The fourth-order valence-electron chi connectivity index (χ4n) is 1.81. The molecule has 18 heavy (non-hydrogen) atoms. The van der Waals surface area contributed by atoms with E-state index in [1.165, 1.54) is 36.1 Å². The number of carboxylic acids is 1. The molecular weight excluding hydrogens is 237 g/mol. The van der Waals surface area contributed by atoms with Crippen molar-refractivity contribution in [3.8, 4) is 0 Å². The van der Waals surface area contributed by atoms with Gasteiger partial charge in [0.1, 0.15) is 5.82 Å². The van der Waals surface area contributed by atoms with E-state index in [1.54, 1.807) is 0 Å². The van der Waals surface area contributed by atoms with Gasteiger partial charge in [0.15, 0.2) is 5.54 Å². The molecule has 4 nitrogen and oxygen atoms in total. The lowest BCUT2D eigenvalue weighted by Gasteiger charge is -2.35. The van der Waals surface area contributed by atoms with E-state index in [2.05, 4.69) is 0 Å². The van der Waals surface area contributed by atoms with Crippen molar-refractivity contribution in [1.29, 1.82) is 0 Å². The highest BCUT2D eigenvalue weighted by Gasteiger charge is 2.40. The quantitative estimate of drug-likeness (QED) is 0.789. The van der Waals surface area contributed by atoms with Crippen molar-refractivity contribution in [1.82, 2.24) is 4.90 Å². The monoisotopic (exact) mass is 253 g/mol. The summed E-state index contributed by atoms with van der Waals surface area (Å²) < 4.78 is 12.9. The van der Waals surface area contributed by atoms with Gasteiger partial charge in [-0.1, -0.05) is 19.1 Å². The average Bonchev–Trinajstić information content (AvgIpc) is 2.35. The lowest BCUT2D eigenvalue weighted by Crippen LogP contribution is -2.49. The summed E-state index contributed by atoms with van der Waals surface area (Å²) in [4.78, 5) is 23.8. The minimum absolute atomic E-state index is 0.323. The smallest absolute Gasteiger partial charge is 0.334 e. The number of carbonyl (C=O) groups excluding carboxylic acids is 1. The van der Waals surface area contributed by atoms with Gasteiger partial charge in [-0.3, -0.25) is 4.79 Å². The van der Waals surface area contributed by atoms with E-state index in [9.17, 15) is 19.1 Å². The molecule has 0 spiro atoms. The molecule has 1 unspecified atom stereocenters. The Morgan fingerprint density at radius 2 is 2.00 bits per heavy atom. The van der Waals surface area contributed by atoms with E-state index >= 15 is 0 Å². The van der Waals surface area contributed by atoms with Crippen LogP contribution >= 0.6 is 0 Å². The Balaban J connectivity index is 3.25. The summed E-state index contributed by atoms with van der Waals surface area (Å²) in [5.74, 6) is -1.59. The van der Waals surface area contributed by atoms with E-state index in [1.807, 2.05) is 6.92 Å². The number of rotatable bonds is 6. The zero-order valence-electron chi connectivity index (χ0n) is 10.4. The molecule has 1 rings (SSSR count). The third kappa shape index (κ3) is 2.50. The van der Waals surface area contributed by atoms with Crippen LogP contribution in [0.2, 0.25) is 0 Å². The van der Waals surface area contributed by atoms with Crippen LogP contribution in [0.4, 0.5) is 4.39 Å². The number of amides is 1. The Morgan fingerprint density at radius 1 is 1.44 bits per heavy atom. The Hall–Kier alpha value is -1.91. The molecule has 0 aliphatic rings. The molecule has 0 aromatic heterocycles. The van der Waals surface area contributed by atoms with Crippen LogP contribution in [0.3, 0.4) is 0 Å². The number of halogens is 1. The SMILES string of the molecule is CCCN(C=O)C(C)(C(=O)O)c1ccc(F)cc1. The number of aliphatic carboxylic acids is 1. The summed E-state index contributed by atoms with van der Waals surface area (Å²) in [6.07, 6.45) is 1.16. The normalized spacial score (nSPS) is 13.7. The van der Waals surface area contributed by atoms with Crippen LogP contribution in [0.5, 0.6) is 0 Å². The second-order valence-electron chi connectivity index (χ2n) is 4.18. The van der Waals surface area contributed by atoms with Crippen molar-refractivity contribution >= 4 is 12.4 Å². The maximum absolute atomic E-state index is 12.9. The van der Waals surface area contributed by atoms with Crippen LogP contribution in [0.1, 0.15) is 25.8 Å². The molecule has 0 heterocycles. The molecule has 0 aliphatic carbocycles. The van der Waals surface area contributed by atoms with Gasteiger partial charge in [0.25, 0.3) is 0 Å². The van der Waals surface area contributed by atoms with E-state index in [0.717, 1.165) is 0 Å². The maximum atomic E-state index is 12.9. The maximum Gasteiger partial charge on any atom is 0.334 e. The van der Waals surface area contributed by atoms with Gasteiger partial charge in [-0.25, -0.2) is 9.18 Å². The van der Waals surface area contributed by atoms with Gasteiger partial charge in [-0.15, -0.1) is 0 Å². The van der Waals surface area contributed by atoms with E-state index < -0.39 is 17.3 Å². The summed E-state index contributed by atoms with van der Waals surface area (Å²) in [5, 5.41) is 9.39. The summed E-state index contributed by atoms with van der Waals surface area (Å²) >= 11 is 0. The molecule has 5 heteroatoms. The Labute approximate surface area is 105 Å². The van der Waals surface area contributed by atoms with Crippen LogP contribution in [-0.2, 0) is 15.1 Å². The van der Waals surface area contributed by atoms with Crippen LogP contribution in [0, 0.1) is 5.82 Å². The summed E-state index contributed by atoms with van der Waals surface area (Å²) in [5.41, 5.74) is -1.11. The van der Waals surface area contributed by atoms with Crippen molar-refractivity contribution in [2.24, 2.45) is 0 Å². The molecule has 1 atom stereocenters. The third-order valence-electron chi connectivity index (χ3n) is 2.99. The molecule has 0 radical (unpaired) electrons. The molecule has 98 valence electrons. The second-order valence-corrected chi connectivity index (χ2v) is 4.18. The van der Waals surface area contributed by atoms with Crippen LogP contribution in [0.25, 0.3) is 0 Å². The number of nitrogens with zero attached hydrogens (tertiary/aromatic N) is 1. The molecule has 0 bridgehead atoms. The van der Waals surface area contributed by atoms with Crippen molar-refractivity contribution in [3.63, 3.8) is 0 Å². The zero-order chi connectivity index (χ0) is 13.8. The van der Waals surface area contributed by atoms with E-state index in [-0.39, 0.29) is 0 Å². The predicted octanol–water partition coefficient (Wildman–Crippen LogP) is 1.99. The zero-order valence-corrected chi connectivity index (χ0v) is 10.4. The number of benzene rings is 1. The molecule has 1 amide bonds. The first-order chi connectivity index (χ1) is 8.46. The van der Waals surface area contributed by atoms with Crippen LogP contribution in [-0.4, -0.2) is 28.9 Å². The van der Waals surface area contributed by atoms with Gasteiger partial charge < -0.3 is 10.0 Å². The molecule has 0 aliphatic heterocycles. The van der Waals surface area contributed by atoms with Gasteiger partial charge >= 0.3 is 5.97 Å². The fourth-order valence-corrected chi connectivity index (χ4v) is 1.81. The van der Waals surface area contributed by atoms with Gasteiger partial charge in [-0.2, -0.15) is 0 Å². The molecule has 1 aromatic rings. The summed E-state index contributed by atoms with van der Waals surface area (Å²) in [6, 6.07) is 5.14. The number of carboxylic acid groups (broad SMARTS) is 1. The van der Waals surface area contributed by atoms with Crippen LogP contribution < -0.4 is 0 Å². The summed E-state index contributed by atoms with van der Waals surface area (Å²) in [6.45, 7) is 3.61. The molecule has 0 fully saturated rings. The minimum atomic E-state index is -1.48. The number of hydrogen-bond acceptors (Lipinski definition) is 2. The lowest BCUT2D eigenvalue weighted by atomic mass is 9.90. The predicted molar refractivity (Wildman–Crippen MR) is 64.4 cm³/mol. The van der Waals surface area contributed by atoms with Crippen molar-refractivity contribution in [2.45, 2.75) is 25.8 Å². The molecular formula is C13H16FNO3. The molecule has 0 saturated heterocycles. The average molecular weight is 253 g/mol. The van der Waals surface area contributed by atoms with Gasteiger partial charge in [0, 0.05) is 6.54 Å². The third-order valence-corrected chi connectivity index (χ3v) is 2.99. The number of hydrogen-bond donors (Lipinski definition) is 1. The van der Waals surface area contributed by atoms with E-state index in [0.29, 0.717) is 24.9 Å². The fraction of sp³-hybridized carbons (Fsp3) is 0.385.